The summed E-state index contributed by atoms with van der Waals surface area (Å²) in [5, 5.41) is 0. The van der Waals surface area contributed by atoms with E-state index in [-0.39, 0.29) is 5.41 Å². The first-order chi connectivity index (χ1) is 17.2. The number of esters is 2. The molecule has 4 heteroatoms. The quantitative estimate of drug-likeness (QED) is 0.256. The van der Waals surface area contributed by atoms with Crippen LogP contribution in [0.1, 0.15) is 99.7 Å². The van der Waals surface area contributed by atoms with Crippen molar-refractivity contribution in [1.82, 2.24) is 0 Å². The van der Waals surface area contributed by atoms with Crippen LogP contribution in [0.2, 0.25) is 0 Å². The van der Waals surface area contributed by atoms with E-state index in [1.165, 1.54) is 0 Å². The van der Waals surface area contributed by atoms with Crippen LogP contribution in [0.25, 0.3) is 0 Å². The average Bonchev–Trinajstić information content (AvgIpc) is 2.91. The molecule has 36 heavy (non-hydrogen) atoms. The lowest BCUT2D eigenvalue weighted by atomic mass is 9.86. The van der Waals surface area contributed by atoms with E-state index >= 15 is 0 Å². The number of ether oxygens (including phenoxy) is 2. The zero-order chi connectivity index (χ0) is 27.3. The fourth-order valence-electron chi connectivity index (χ4n) is 3.33. The molecule has 0 radical (unpaired) electrons. The van der Waals surface area contributed by atoms with Crippen molar-refractivity contribution in [3.8, 4) is 11.5 Å². The van der Waals surface area contributed by atoms with Gasteiger partial charge in [0.1, 0.15) is 11.5 Å². The molecular formula is C32H42O4. The van der Waals surface area contributed by atoms with Gasteiger partial charge in [0.2, 0.25) is 0 Å². The number of benzene rings is 3. The Balaban J connectivity index is 0.00000154. The Labute approximate surface area is 217 Å². The molecule has 0 saturated carbocycles. The van der Waals surface area contributed by atoms with Crippen molar-refractivity contribution < 1.29 is 19.1 Å². The Hall–Kier alpha value is -3.40. The number of aryl methyl sites for hydroxylation is 2. The highest BCUT2D eigenvalue weighted by Gasteiger charge is 2.23. The molecule has 4 nitrogen and oxygen atoms in total. The van der Waals surface area contributed by atoms with Crippen LogP contribution < -0.4 is 9.47 Å². The van der Waals surface area contributed by atoms with Crippen molar-refractivity contribution in [2.75, 3.05) is 0 Å². The Morgan fingerprint density at radius 3 is 1.44 bits per heavy atom. The maximum atomic E-state index is 12.7. The molecule has 3 aromatic rings. The largest absolute Gasteiger partial charge is 0.423 e. The van der Waals surface area contributed by atoms with Crippen LogP contribution >= 0.6 is 0 Å². The fraction of sp³-hybridized carbons (Fsp3) is 0.375. The normalized spacial score (nSPS) is 10.2. The van der Waals surface area contributed by atoms with Gasteiger partial charge in [-0.2, -0.15) is 0 Å². The molecule has 0 aliphatic carbocycles. The lowest BCUT2D eigenvalue weighted by Crippen LogP contribution is -2.17. The maximum Gasteiger partial charge on any atom is 0.343 e. The van der Waals surface area contributed by atoms with Crippen LogP contribution in [-0.2, 0) is 18.3 Å². The van der Waals surface area contributed by atoms with Gasteiger partial charge in [0, 0.05) is 5.56 Å². The van der Waals surface area contributed by atoms with E-state index in [2.05, 4.69) is 13.8 Å². The Kier molecular flexibility index (Phi) is 12.7. The molecule has 0 aliphatic heterocycles. The van der Waals surface area contributed by atoms with E-state index in [0.29, 0.717) is 22.6 Å². The number of rotatable bonds is 6. The molecule has 0 spiro atoms. The van der Waals surface area contributed by atoms with Gasteiger partial charge in [-0.05, 0) is 71.8 Å². The third-order valence-electron chi connectivity index (χ3n) is 5.37. The standard InChI is InChI=1S/C28H30O4.2C2H6/c1-6-19-8-12-21(13-9-19)26(29)31-23-16-17-25(24(18-23)28(3,4)5)32-27(30)22-14-10-20(7-2)11-15-22;2*1-2/h8-18H,6-7H2,1-5H3;2*1-2H3. The van der Waals surface area contributed by atoms with Crippen LogP contribution in [-0.4, -0.2) is 11.9 Å². The second-order valence-electron chi connectivity index (χ2n) is 8.79. The summed E-state index contributed by atoms with van der Waals surface area (Å²) in [4.78, 5) is 25.3. The van der Waals surface area contributed by atoms with Gasteiger partial charge in [-0.1, -0.05) is 86.6 Å². The predicted molar refractivity (Wildman–Crippen MR) is 149 cm³/mol. The molecular weight excluding hydrogens is 448 g/mol. The molecule has 0 aromatic heterocycles. The summed E-state index contributed by atoms with van der Waals surface area (Å²) in [6.45, 7) is 18.2. The fourth-order valence-corrected chi connectivity index (χ4v) is 3.33. The summed E-state index contributed by atoms with van der Waals surface area (Å²) in [6.07, 6.45) is 1.82. The summed E-state index contributed by atoms with van der Waals surface area (Å²) in [5.41, 5.74) is 3.76. The molecule has 0 heterocycles. The smallest absolute Gasteiger partial charge is 0.343 e. The molecule has 0 amide bonds. The summed E-state index contributed by atoms with van der Waals surface area (Å²) >= 11 is 0. The molecule has 0 N–H and O–H groups in total. The predicted octanol–water partition coefficient (Wildman–Crippen LogP) is 8.60. The molecule has 3 aromatic carbocycles. The monoisotopic (exact) mass is 490 g/mol. The molecule has 194 valence electrons. The molecule has 0 bridgehead atoms. The SMILES string of the molecule is CC.CC.CCc1ccc(C(=O)Oc2ccc(OC(=O)c3ccc(CC)cc3)c(C(C)(C)C)c2)cc1. The van der Waals surface area contributed by atoms with Gasteiger partial charge in [0.05, 0.1) is 11.1 Å². The zero-order valence-corrected chi connectivity index (χ0v) is 23.4. The van der Waals surface area contributed by atoms with Crippen LogP contribution in [0.3, 0.4) is 0 Å². The molecule has 0 unspecified atom stereocenters. The lowest BCUT2D eigenvalue weighted by Gasteiger charge is -2.23. The summed E-state index contributed by atoms with van der Waals surface area (Å²) in [6, 6.07) is 19.9. The van der Waals surface area contributed by atoms with Crippen molar-refractivity contribution in [2.45, 2.75) is 80.6 Å². The lowest BCUT2D eigenvalue weighted by molar-refractivity contribution is 0.0716. The third-order valence-corrected chi connectivity index (χ3v) is 5.37. The van der Waals surface area contributed by atoms with Crippen molar-refractivity contribution in [2.24, 2.45) is 0 Å². The number of hydrogen-bond acceptors (Lipinski definition) is 4. The van der Waals surface area contributed by atoms with Gasteiger partial charge < -0.3 is 9.47 Å². The topological polar surface area (TPSA) is 52.6 Å². The van der Waals surface area contributed by atoms with Crippen molar-refractivity contribution in [1.29, 1.82) is 0 Å². The second-order valence-corrected chi connectivity index (χ2v) is 8.79. The number of carbonyl (C=O) groups is 2. The van der Waals surface area contributed by atoms with Gasteiger partial charge in [-0.25, -0.2) is 9.59 Å². The van der Waals surface area contributed by atoms with E-state index < -0.39 is 11.9 Å². The summed E-state index contributed by atoms with van der Waals surface area (Å²) in [7, 11) is 0. The van der Waals surface area contributed by atoms with E-state index in [0.717, 1.165) is 29.5 Å². The first kappa shape index (κ1) is 30.6. The van der Waals surface area contributed by atoms with Crippen molar-refractivity contribution >= 4 is 11.9 Å². The molecule has 0 atom stereocenters. The first-order valence-corrected chi connectivity index (χ1v) is 13.0. The molecule has 3 rings (SSSR count). The van der Waals surface area contributed by atoms with Crippen LogP contribution in [0, 0.1) is 0 Å². The van der Waals surface area contributed by atoms with E-state index in [1.54, 1.807) is 42.5 Å². The van der Waals surface area contributed by atoms with Gasteiger partial charge in [-0.3, -0.25) is 0 Å². The minimum atomic E-state index is -0.423. The molecule has 0 fully saturated rings. The minimum absolute atomic E-state index is 0.327. The van der Waals surface area contributed by atoms with Gasteiger partial charge in [-0.15, -0.1) is 0 Å². The first-order valence-electron chi connectivity index (χ1n) is 13.0. The minimum Gasteiger partial charge on any atom is -0.423 e. The Morgan fingerprint density at radius 1 is 0.639 bits per heavy atom. The van der Waals surface area contributed by atoms with Gasteiger partial charge in [0.25, 0.3) is 0 Å². The maximum absolute atomic E-state index is 12.7. The average molecular weight is 491 g/mol. The van der Waals surface area contributed by atoms with Crippen molar-refractivity contribution in [3.63, 3.8) is 0 Å². The van der Waals surface area contributed by atoms with E-state index in [4.69, 9.17) is 9.47 Å². The van der Waals surface area contributed by atoms with Crippen LogP contribution in [0.4, 0.5) is 0 Å². The highest BCUT2D eigenvalue weighted by atomic mass is 16.5. The zero-order valence-electron chi connectivity index (χ0n) is 23.4. The summed E-state index contributed by atoms with van der Waals surface area (Å²) < 4.78 is 11.3. The Bertz CT molecular complexity index is 1090. The van der Waals surface area contributed by atoms with Crippen LogP contribution in [0.15, 0.2) is 66.7 Å². The number of carbonyl (C=O) groups excluding carboxylic acids is 2. The van der Waals surface area contributed by atoms with E-state index in [1.807, 2.05) is 72.7 Å². The Morgan fingerprint density at radius 2 is 1.06 bits per heavy atom. The van der Waals surface area contributed by atoms with Gasteiger partial charge in [0.15, 0.2) is 0 Å². The molecule has 0 aliphatic rings. The van der Waals surface area contributed by atoms with E-state index in [9.17, 15) is 9.59 Å². The number of hydrogen-bond donors (Lipinski definition) is 0. The third kappa shape index (κ3) is 8.67. The van der Waals surface area contributed by atoms with Gasteiger partial charge >= 0.3 is 11.9 Å². The highest BCUT2D eigenvalue weighted by Crippen LogP contribution is 2.35. The van der Waals surface area contributed by atoms with Crippen LogP contribution in [0.5, 0.6) is 11.5 Å². The summed E-state index contributed by atoms with van der Waals surface area (Å²) in [5.74, 6) is 0.0212. The second kappa shape index (κ2) is 14.9. The van der Waals surface area contributed by atoms with Crippen molar-refractivity contribution in [3.05, 3.63) is 94.5 Å². The molecule has 0 saturated heterocycles. The highest BCUT2D eigenvalue weighted by molar-refractivity contribution is 5.92.